The van der Waals surface area contributed by atoms with Crippen LogP contribution in [-0.2, 0) is 0 Å². The fourth-order valence-corrected chi connectivity index (χ4v) is 1.82. The van der Waals surface area contributed by atoms with E-state index >= 15 is 0 Å². The highest BCUT2D eigenvalue weighted by molar-refractivity contribution is 5.96. The van der Waals surface area contributed by atoms with Gasteiger partial charge in [0.15, 0.2) is 5.78 Å². The second kappa shape index (κ2) is 4.96. The van der Waals surface area contributed by atoms with Gasteiger partial charge in [-0.05, 0) is 24.1 Å². The maximum atomic E-state index is 11.7. The van der Waals surface area contributed by atoms with Gasteiger partial charge >= 0.3 is 0 Å². The largest absolute Gasteiger partial charge is 0.294 e. The normalized spacial score (nSPS) is 10.2. The lowest BCUT2D eigenvalue weighted by molar-refractivity contribution is 0.0988. The lowest BCUT2D eigenvalue weighted by Gasteiger charge is -2.04. The number of hydrogen-bond acceptors (Lipinski definition) is 1. The number of carbonyl (C=O) groups excluding carboxylic acids is 1. The third-order valence-electron chi connectivity index (χ3n) is 2.89. The maximum absolute atomic E-state index is 11.7. The zero-order valence-electron chi connectivity index (χ0n) is 10.2. The van der Waals surface area contributed by atoms with Crippen molar-refractivity contribution < 1.29 is 4.79 Å². The summed E-state index contributed by atoms with van der Waals surface area (Å²) in [6.45, 7) is 3.96. The maximum Gasteiger partial charge on any atom is 0.162 e. The molecule has 0 aliphatic carbocycles. The summed E-state index contributed by atoms with van der Waals surface area (Å²) in [6.07, 6.45) is 0.553. The summed E-state index contributed by atoms with van der Waals surface area (Å²) in [4.78, 5) is 11.7. The Kier molecular flexibility index (Phi) is 3.38. The van der Waals surface area contributed by atoms with E-state index < -0.39 is 0 Å². The van der Waals surface area contributed by atoms with Gasteiger partial charge in [-0.3, -0.25) is 4.79 Å². The fraction of sp³-hybridized carbons (Fsp3) is 0.188. The molecular weight excluding hydrogens is 208 g/mol. The van der Waals surface area contributed by atoms with Crippen molar-refractivity contribution in [2.45, 2.75) is 20.3 Å². The van der Waals surface area contributed by atoms with Gasteiger partial charge in [0.1, 0.15) is 0 Å². The number of Topliss-reactive ketones (excluding diaryl/α,β-unsaturated/α-hetero) is 1. The second-order valence-corrected chi connectivity index (χ2v) is 4.22. The van der Waals surface area contributed by atoms with Crippen molar-refractivity contribution in [3.63, 3.8) is 0 Å². The van der Waals surface area contributed by atoms with Gasteiger partial charge in [-0.15, -0.1) is 0 Å². The van der Waals surface area contributed by atoms with Gasteiger partial charge in [0.2, 0.25) is 0 Å². The van der Waals surface area contributed by atoms with Crippen LogP contribution in [0.5, 0.6) is 0 Å². The van der Waals surface area contributed by atoms with Gasteiger partial charge in [-0.2, -0.15) is 0 Å². The lowest BCUT2D eigenvalue weighted by Crippen LogP contribution is -1.96. The minimum Gasteiger partial charge on any atom is -0.294 e. The van der Waals surface area contributed by atoms with Crippen LogP contribution in [0.2, 0.25) is 0 Å². The summed E-state index contributed by atoms with van der Waals surface area (Å²) in [6, 6.07) is 16.2. The van der Waals surface area contributed by atoms with Gasteiger partial charge in [0, 0.05) is 12.0 Å². The summed E-state index contributed by atoms with van der Waals surface area (Å²) in [7, 11) is 0. The first-order valence-electron chi connectivity index (χ1n) is 5.91. The SMILES string of the molecule is CCC(=O)c1cccc(-c2ccc(C)cc2)c1. The predicted molar refractivity (Wildman–Crippen MR) is 71.2 cm³/mol. The van der Waals surface area contributed by atoms with Crippen molar-refractivity contribution >= 4 is 5.78 Å². The van der Waals surface area contributed by atoms with Crippen molar-refractivity contribution in [1.29, 1.82) is 0 Å². The van der Waals surface area contributed by atoms with Crippen molar-refractivity contribution in [3.05, 3.63) is 59.7 Å². The van der Waals surface area contributed by atoms with E-state index in [1.165, 1.54) is 5.56 Å². The second-order valence-electron chi connectivity index (χ2n) is 4.22. The molecule has 86 valence electrons. The molecule has 17 heavy (non-hydrogen) atoms. The van der Waals surface area contributed by atoms with Crippen LogP contribution in [-0.4, -0.2) is 5.78 Å². The molecule has 2 rings (SSSR count). The topological polar surface area (TPSA) is 17.1 Å². The molecule has 2 aromatic rings. The molecule has 0 aliphatic rings. The minimum atomic E-state index is 0.193. The molecule has 0 unspecified atom stereocenters. The predicted octanol–water partition coefficient (Wildman–Crippen LogP) is 4.25. The van der Waals surface area contributed by atoms with Crippen LogP contribution in [0, 0.1) is 6.92 Å². The van der Waals surface area contributed by atoms with E-state index in [9.17, 15) is 4.79 Å². The summed E-state index contributed by atoms with van der Waals surface area (Å²) in [5.41, 5.74) is 4.30. The van der Waals surface area contributed by atoms with Crippen LogP contribution in [0.4, 0.5) is 0 Å². The quantitative estimate of drug-likeness (QED) is 0.712. The molecule has 0 spiro atoms. The molecular formula is C16H16O. The lowest BCUT2D eigenvalue weighted by atomic mass is 10.00. The van der Waals surface area contributed by atoms with Crippen LogP contribution in [0.15, 0.2) is 48.5 Å². The molecule has 0 bridgehead atoms. The van der Waals surface area contributed by atoms with Crippen molar-refractivity contribution in [3.8, 4) is 11.1 Å². The van der Waals surface area contributed by atoms with Crippen LogP contribution in [0.3, 0.4) is 0 Å². The van der Waals surface area contributed by atoms with Crippen molar-refractivity contribution in [2.75, 3.05) is 0 Å². The van der Waals surface area contributed by atoms with Gasteiger partial charge in [-0.1, -0.05) is 55.0 Å². The number of hydrogen-bond donors (Lipinski definition) is 0. The van der Waals surface area contributed by atoms with Gasteiger partial charge < -0.3 is 0 Å². The zero-order valence-corrected chi connectivity index (χ0v) is 10.2. The highest BCUT2D eigenvalue weighted by atomic mass is 16.1. The zero-order chi connectivity index (χ0) is 12.3. The van der Waals surface area contributed by atoms with E-state index in [4.69, 9.17) is 0 Å². The number of benzene rings is 2. The Morgan fingerprint density at radius 2 is 1.71 bits per heavy atom. The Morgan fingerprint density at radius 1 is 1.00 bits per heavy atom. The van der Waals surface area contributed by atoms with Crippen LogP contribution >= 0.6 is 0 Å². The van der Waals surface area contributed by atoms with Gasteiger partial charge in [-0.25, -0.2) is 0 Å². The molecule has 0 aliphatic heterocycles. The van der Waals surface area contributed by atoms with Gasteiger partial charge in [0.25, 0.3) is 0 Å². The van der Waals surface area contributed by atoms with Crippen LogP contribution in [0.25, 0.3) is 11.1 Å². The van der Waals surface area contributed by atoms with E-state index in [-0.39, 0.29) is 5.78 Å². The Hall–Kier alpha value is -1.89. The van der Waals surface area contributed by atoms with Crippen molar-refractivity contribution in [1.82, 2.24) is 0 Å². The fourth-order valence-electron chi connectivity index (χ4n) is 1.82. The van der Waals surface area contributed by atoms with Crippen LogP contribution < -0.4 is 0 Å². The molecule has 1 nitrogen and oxygen atoms in total. The standard InChI is InChI=1S/C16H16O/c1-3-16(17)15-6-4-5-14(11-15)13-9-7-12(2)8-10-13/h4-11H,3H2,1-2H3. The number of carbonyl (C=O) groups is 1. The molecule has 0 N–H and O–H groups in total. The summed E-state index contributed by atoms with van der Waals surface area (Å²) < 4.78 is 0. The van der Waals surface area contributed by atoms with E-state index in [0.29, 0.717) is 6.42 Å². The molecule has 0 heterocycles. The summed E-state index contributed by atoms with van der Waals surface area (Å²) in [5.74, 6) is 0.193. The number of aryl methyl sites for hydroxylation is 1. The Bertz CT molecular complexity index is 523. The molecule has 0 fully saturated rings. The Labute approximate surface area is 102 Å². The average molecular weight is 224 g/mol. The molecule has 2 aromatic carbocycles. The molecule has 1 heteroatoms. The summed E-state index contributed by atoms with van der Waals surface area (Å²) in [5, 5.41) is 0. The molecule has 0 aromatic heterocycles. The average Bonchev–Trinajstić information content (AvgIpc) is 2.39. The molecule has 0 saturated heterocycles. The molecule has 0 atom stereocenters. The van der Waals surface area contributed by atoms with E-state index in [1.807, 2.05) is 31.2 Å². The molecule has 0 radical (unpaired) electrons. The van der Waals surface area contributed by atoms with Crippen molar-refractivity contribution in [2.24, 2.45) is 0 Å². The minimum absolute atomic E-state index is 0.193. The monoisotopic (exact) mass is 224 g/mol. The highest BCUT2D eigenvalue weighted by Gasteiger charge is 2.04. The first-order valence-corrected chi connectivity index (χ1v) is 5.91. The first kappa shape index (κ1) is 11.6. The summed E-state index contributed by atoms with van der Waals surface area (Å²) >= 11 is 0. The highest BCUT2D eigenvalue weighted by Crippen LogP contribution is 2.21. The molecule has 0 amide bonds. The number of ketones is 1. The van der Waals surface area contributed by atoms with E-state index in [2.05, 4.69) is 31.2 Å². The van der Waals surface area contributed by atoms with E-state index in [1.54, 1.807) is 0 Å². The van der Waals surface area contributed by atoms with Gasteiger partial charge in [0.05, 0.1) is 0 Å². The third-order valence-corrected chi connectivity index (χ3v) is 2.89. The Morgan fingerprint density at radius 3 is 2.35 bits per heavy atom. The third kappa shape index (κ3) is 2.62. The first-order chi connectivity index (χ1) is 8.20. The Balaban J connectivity index is 2.39. The molecule has 0 saturated carbocycles. The van der Waals surface area contributed by atoms with E-state index in [0.717, 1.165) is 16.7 Å². The smallest absolute Gasteiger partial charge is 0.162 e. The van der Waals surface area contributed by atoms with Crippen LogP contribution in [0.1, 0.15) is 29.3 Å². The number of rotatable bonds is 3.